The number of benzene rings is 3. The molecule has 3 aromatic carbocycles. The molecule has 0 aliphatic carbocycles. The predicted octanol–water partition coefficient (Wildman–Crippen LogP) is 6.11. The number of rotatable bonds is 8. The molecule has 4 aromatic rings. The summed E-state index contributed by atoms with van der Waals surface area (Å²) in [6.07, 6.45) is 0. The summed E-state index contributed by atoms with van der Waals surface area (Å²) < 4.78 is 0. The van der Waals surface area contributed by atoms with Crippen LogP contribution in [0.3, 0.4) is 0 Å². The fourth-order valence-corrected chi connectivity index (χ4v) is 4.90. The molecule has 5 rings (SSSR count). The fourth-order valence-electron chi connectivity index (χ4n) is 4.28. The summed E-state index contributed by atoms with van der Waals surface area (Å²) in [6.45, 7) is 3.77. The topological polar surface area (TPSA) is 83.5 Å². The van der Waals surface area contributed by atoms with Gasteiger partial charge < -0.3 is 20.9 Å². The second-order valence-corrected chi connectivity index (χ2v) is 9.85. The highest BCUT2D eigenvalue weighted by Crippen LogP contribution is 2.21. The molecule has 1 saturated heterocycles. The van der Waals surface area contributed by atoms with Crippen LogP contribution in [0.4, 0.5) is 28.4 Å². The second-order valence-electron chi connectivity index (χ2n) is 8.90. The lowest BCUT2D eigenvalue weighted by Gasteiger charge is -2.35. The van der Waals surface area contributed by atoms with E-state index in [-0.39, 0.29) is 18.3 Å². The van der Waals surface area contributed by atoms with E-state index >= 15 is 0 Å². The first kappa shape index (κ1) is 27.2. The van der Waals surface area contributed by atoms with Gasteiger partial charge in [-0.1, -0.05) is 24.3 Å². The van der Waals surface area contributed by atoms with Crippen LogP contribution in [0, 0.1) is 5.41 Å². The number of para-hydroxylation sites is 1. The maximum absolute atomic E-state index is 12.6. The minimum absolute atomic E-state index is 0. The molecular weight excluding hydrogens is 516 g/mol. The molecule has 7 nitrogen and oxygen atoms in total. The van der Waals surface area contributed by atoms with E-state index in [4.69, 9.17) is 5.41 Å². The summed E-state index contributed by atoms with van der Waals surface area (Å²) in [6, 6.07) is 29.9. The van der Waals surface area contributed by atoms with Crippen molar-refractivity contribution in [3.63, 3.8) is 0 Å². The number of carbonyl (C=O) groups excluding carboxylic acids is 1. The van der Waals surface area contributed by atoms with Crippen molar-refractivity contribution in [2.45, 2.75) is 0 Å². The van der Waals surface area contributed by atoms with Crippen LogP contribution in [0.25, 0.3) is 0 Å². The normalized spacial score (nSPS) is 13.3. The van der Waals surface area contributed by atoms with Crippen molar-refractivity contribution in [1.29, 1.82) is 5.41 Å². The number of amides is 1. The molecule has 38 heavy (non-hydrogen) atoms. The van der Waals surface area contributed by atoms with Crippen LogP contribution >= 0.6 is 23.7 Å². The quantitative estimate of drug-likeness (QED) is 0.158. The number of thiophene rings is 1. The SMILES string of the molecule is Cl.N=C(Nc1ccc(N2CCN(CC(=O)Nc3ccc(Nc4ccccc4)cc3)CC2)cc1)c1cccs1. The zero-order valence-corrected chi connectivity index (χ0v) is 22.5. The number of amidine groups is 1. The number of piperazine rings is 1. The number of carbonyl (C=O) groups is 1. The Balaban J connectivity index is 0.00000336. The van der Waals surface area contributed by atoms with Gasteiger partial charge in [0.05, 0.1) is 11.4 Å². The largest absolute Gasteiger partial charge is 0.369 e. The van der Waals surface area contributed by atoms with E-state index in [0.717, 1.165) is 59.5 Å². The Kier molecular flexibility index (Phi) is 9.37. The third kappa shape index (κ3) is 7.35. The van der Waals surface area contributed by atoms with Crippen molar-refractivity contribution in [3.05, 3.63) is 101 Å². The fraction of sp³-hybridized carbons (Fsp3) is 0.172. The molecule has 9 heteroatoms. The third-order valence-corrected chi connectivity index (χ3v) is 7.13. The Hall–Kier alpha value is -3.85. The van der Waals surface area contributed by atoms with Gasteiger partial charge in [-0.3, -0.25) is 15.1 Å². The van der Waals surface area contributed by atoms with Crippen molar-refractivity contribution in [2.75, 3.05) is 53.6 Å². The molecule has 0 spiro atoms. The van der Waals surface area contributed by atoms with Gasteiger partial charge in [0.25, 0.3) is 0 Å². The van der Waals surface area contributed by atoms with Crippen molar-refractivity contribution < 1.29 is 4.79 Å². The van der Waals surface area contributed by atoms with Crippen LogP contribution in [0.15, 0.2) is 96.4 Å². The monoisotopic (exact) mass is 546 g/mol. The highest BCUT2D eigenvalue weighted by Gasteiger charge is 2.19. The highest BCUT2D eigenvalue weighted by atomic mass is 35.5. The van der Waals surface area contributed by atoms with E-state index in [1.165, 1.54) is 0 Å². The molecule has 1 aliphatic rings. The molecule has 196 valence electrons. The van der Waals surface area contributed by atoms with E-state index in [9.17, 15) is 4.79 Å². The first-order valence-electron chi connectivity index (χ1n) is 12.3. The van der Waals surface area contributed by atoms with Gasteiger partial charge in [-0.25, -0.2) is 0 Å². The van der Waals surface area contributed by atoms with E-state index in [2.05, 4.69) is 37.9 Å². The van der Waals surface area contributed by atoms with E-state index in [1.807, 2.05) is 84.2 Å². The molecule has 1 aromatic heterocycles. The number of hydrogen-bond acceptors (Lipinski definition) is 6. The molecule has 0 saturated carbocycles. The molecule has 1 fully saturated rings. The zero-order valence-electron chi connectivity index (χ0n) is 20.9. The molecule has 0 atom stereocenters. The van der Waals surface area contributed by atoms with E-state index < -0.39 is 0 Å². The van der Waals surface area contributed by atoms with E-state index in [1.54, 1.807) is 11.3 Å². The first-order chi connectivity index (χ1) is 18.1. The lowest BCUT2D eigenvalue weighted by Crippen LogP contribution is -2.48. The number of halogens is 1. The van der Waals surface area contributed by atoms with Gasteiger partial charge in [0.2, 0.25) is 5.91 Å². The third-order valence-electron chi connectivity index (χ3n) is 6.24. The molecule has 0 unspecified atom stereocenters. The number of nitrogens with one attached hydrogen (secondary N) is 4. The zero-order chi connectivity index (χ0) is 25.5. The summed E-state index contributed by atoms with van der Waals surface area (Å²) in [7, 11) is 0. The van der Waals surface area contributed by atoms with Crippen LogP contribution < -0.4 is 20.9 Å². The first-order valence-corrected chi connectivity index (χ1v) is 13.2. The van der Waals surface area contributed by atoms with Crippen molar-refractivity contribution in [3.8, 4) is 0 Å². The molecule has 0 bridgehead atoms. The van der Waals surface area contributed by atoms with Gasteiger partial charge >= 0.3 is 0 Å². The second kappa shape index (κ2) is 13.1. The van der Waals surface area contributed by atoms with Gasteiger partial charge in [-0.2, -0.15) is 0 Å². The Morgan fingerprint density at radius 2 is 1.34 bits per heavy atom. The van der Waals surface area contributed by atoms with Crippen molar-refractivity contribution in [1.82, 2.24) is 4.90 Å². The lowest BCUT2D eigenvalue weighted by molar-refractivity contribution is -0.117. The molecule has 1 amide bonds. The van der Waals surface area contributed by atoms with Gasteiger partial charge in [0.15, 0.2) is 0 Å². The van der Waals surface area contributed by atoms with Crippen LogP contribution in [0.2, 0.25) is 0 Å². The summed E-state index contributed by atoms with van der Waals surface area (Å²) in [4.78, 5) is 18.1. The summed E-state index contributed by atoms with van der Waals surface area (Å²) in [5, 5.41) is 19.7. The van der Waals surface area contributed by atoms with Crippen molar-refractivity contribution >= 4 is 63.9 Å². The van der Waals surface area contributed by atoms with Crippen LogP contribution in [-0.2, 0) is 4.79 Å². The molecular formula is C29H31ClN6OS. The molecule has 2 heterocycles. The Morgan fingerprint density at radius 1 is 0.737 bits per heavy atom. The Morgan fingerprint density at radius 3 is 2.00 bits per heavy atom. The van der Waals surface area contributed by atoms with Crippen LogP contribution in [0.5, 0.6) is 0 Å². The van der Waals surface area contributed by atoms with Crippen LogP contribution in [0.1, 0.15) is 4.88 Å². The molecule has 0 radical (unpaired) electrons. The minimum atomic E-state index is 0. The maximum atomic E-state index is 12.6. The van der Waals surface area contributed by atoms with Gasteiger partial charge in [-0.05, 0) is 72.1 Å². The molecule has 1 aliphatic heterocycles. The number of anilines is 5. The maximum Gasteiger partial charge on any atom is 0.238 e. The summed E-state index contributed by atoms with van der Waals surface area (Å²) in [5.41, 5.74) is 4.86. The van der Waals surface area contributed by atoms with Crippen molar-refractivity contribution in [2.24, 2.45) is 0 Å². The summed E-state index contributed by atoms with van der Waals surface area (Å²) >= 11 is 1.55. The smallest absolute Gasteiger partial charge is 0.238 e. The highest BCUT2D eigenvalue weighted by molar-refractivity contribution is 7.12. The predicted molar refractivity (Wildman–Crippen MR) is 162 cm³/mol. The average molecular weight is 547 g/mol. The molecule has 4 N–H and O–H groups in total. The number of nitrogens with zero attached hydrogens (tertiary/aromatic N) is 2. The van der Waals surface area contributed by atoms with Gasteiger partial charge in [-0.15, -0.1) is 23.7 Å². The van der Waals surface area contributed by atoms with Crippen LogP contribution in [-0.4, -0.2) is 49.4 Å². The Labute approximate surface area is 233 Å². The lowest BCUT2D eigenvalue weighted by atomic mass is 10.2. The summed E-state index contributed by atoms with van der Waals surface area (Å²) in [5.74, 6) is 0.412. The average Bonchev–Trinajstić information content (AvgIpc) is 3.47. The van der Waals surface area contributed by atoms with Gasteiger partial charge in [0.1, 0.15) is 5.84 Å². The standard InChI is InChI=1S/C29H30N6OS.ClH/c30-29(27-7-4-20-37-27)33-25-12-14-26(15-13-25)35-18-16-34(17-19-35)21-28(36)32-24-10-8-23(9-11-24)31-22-5-2-1-3-6-22;/h1-15,20,31H,16-19,21H2,(H2,30,33)(H,32,36);1H. The Bertz CT molecular complexity index is 1310. The number of hydrogen-bond donors (Lipinski definition) is 4. The van der Waals surface area contributed by atoms with Gasteiger partial charge in [0, 0.05) is 54.6 Å². The minimum Gasteiger partial charge on any atom is -0.369 e. The van der Waals surface area contributed by atoms with E-state index in [0.29, 0.717) is 12.4 Å².